The molecule has 20 nitrogen and oxygen atoms in total. The summed E-state index contributed by atoms with van der Waals surface area (Å²) in [6.07, 6.45) is -16.0. The number of rotatable bonds is 15. The van der Waals surface area contributed by atoms with Gasteiger partial charge in [0.1, 0.15) is 36.6 Å². The van der Waals surface area contributed by atoms with Crippen LogP contribution in [0.3, 0.4) is 0 Å². The third-order valence-corrected chi connectivity index (χ3v) is 10.8. The standard InChI is InChI=1S/C15H28O11P2.C12H23O9P/c1-7-12(17)14(19)13(18)11(22-7)5-6-28(21,25-9(3)23-8(2)16)26-10(4)24-15(20)27;1-6-10(14)12(16)11(15)9(19-6)4-5-22(17,18)21-8(3)20-7(2)13/h7,9-14,17-19H,5-6,27H2,1-4H3;6,8-12,14-16H,4-5H2,1-3H3,(H,17,18)/t7-,9?,10?,11-,12-,13-,14-,28?;6-,8?,9-,10-,11-,12-/m11/s1. The predicted octanol–water partition coefficient (Wildman–Crippen LogP) is 0.0972. The highest BCUT2D eigenvalue weighted by atomic mass is 31.2. The Kier molecular flexibility index (Phi) is 19.6. The van der Waals surface area contributed by atoms with Gasteiger partial charge in [-0.05, 0) is 56.7 Å². The third-order valence-electron chi connectivity index (χ3n) is 7.16. The second-order valence-electron chi connectivity index (χ2n) is 11.7. The van der Waals surface area contributed by atoms with E-state index in [9.17, 15) is 59.0 Å². The molecule has 2 heterocycles. The average molecular weight is 789 g/mol. The molecule has 0 spiro atoms. The van der Waals surface area contributed by atoms with Gasteiger partial charge >= 0.3 is 32.8 Å². The summed E-state index contributed by atoms with van der Waals surface area (Å²) < 4.78 is 65.1. The van der Waals surface area contributed by atoms with E-state index in [1.54, 1.807) is 9.24 Å². The molecule has 7 N–H and O–H groups in total. The van der Waals surface area contributed by atoms with Crippen LogP contribution >= 0.6 is 24.4 Å². The van der Waals surface area contributed by atoms with Crippen LogP contribution in [0.5, 0.6) is 0 Å². The summed E-state index contributed by atoms with van der Waals surface area (Å²) in [5.74, 6) is -1.31. The van der Waals surface area contributed by atoms with E-state index in [1.807, 2.05) is 0 Å². The summed E-state index contributed by atoms with van der Waals surface area (Å²) in [5.41, 5.74) is -0.746. The molecule has 2 aliphatic heterocycles. The van der Waals surface area contributed by atoms with Crippen LogP contribution in [-0.2, 0) is 56.0 Å². The Morgan fingerprint density at radius 1 is 0.640 bits per heavy atom. The maximum atomic E-state index is 13.1. The van der Waals surface area contributed by atoms with Crippen LogP contribution in [0, 0.1) is 0 Å². The molecule has 23 heteroatoms. The Bertz CT molecular complexity index is 1160. The van der Waals surface area contributed by atoms with Gasteiger partial charge in [-0.15, -0.1) is 0 Å². The predicted molar refractivity (Wildman–Crippen MR) is 172 cm³/mol. The van der Waals surface area contributed by atoms with E-state index in [4.69, 9.17) is 32.5 Å². The Morgan fingerprint density at radius 3 is 1.38 bits per heavy atom. The van der Waals surface area contributed by atoms with Gasteiger partial charge in [0.15, 0.2) is 0 Å². The Hall–Kier alpha value is -1.18. The number of hydrogen-bond donors (Lipinski definition) is 7. The Labute approximate surface area is 291 Å². The van der Waals surface area contributed by atoms with Crippen molar-refractivity contribution in [1.82, 2.24) is 0 Å². The lowest BCUT2D eigenvalue weighted by Gasteiger charge is -2.39. The SMILES string of the molecule is CC(=O)OC(C)OP(=O)(CC[C@H]1O[C@H](C)[C@@H](O)[C@@H](O)[C@@H]1O)OC(C)OC(=O)P.CC(=O)OC(C)OP(=O)(O)CC[C@H]1O[C@H](C)[C@@H](O)[C@@H](O)[C@@H]1O. The van der Waals surface area contributed by atoms with Gasteiger partial charge in [-0.25, -0.2) is 4.79 Å². The molecule has 50 heavy (non-hydrogen) atoms. The molecular weight excluding hydrogens is 737 g/mol. The van der Waals surface area contributed by atoms with Gasteiger partial charge in [0.05, 0.1) is 36.7 Å². The van der Waals surface area contributed by atoms with Crippen molar-refractivity contribution >= 4 is 42.1 Å². The molecule has 294 valence electrons. The Balaban J connectivity index is 0.000000515. The molecule has 0 aromatic carbocycles. The molecular formula is C27H51O20P3. The maximum absolute atomic E-state index is 13.1. The molecule has 0 radical (unpaired) electrons. The van der Waals surface area contributed by atoms with E-state index >= 15 is 0 Å². The van der Waals surface area contributed by atoms with Crippen molar-refractivity contribution in [2.45, 2.75) is 141 Å². The van der Waals surface area contributed by atoms with Crippen LogP contribution in [0.15, 0.2) is 0 Å². The van der Waals surface area contributed by atoms with Gasteiger partial charge in [0.2, 0.25) is 18.9 Å². The molecule has 0 saturated carbocycles. The minimum absolute atomic E-state index is 0.0736. The maximum Gasteiger partial charge on any atom is 0.336 e. The third kappa shape index (κ3) is 16.2. The smallest absolute Gasteiger partial charge is 0.336 e. The second kappa shape index (κ2) is 20.9. The van der Waals surface area contributed by atoms with E-state index in [1.165, 1.54) is 34.6 Å². The first-order chi connectivity index (χ1) is 22.9. The largest absolute Gasteiger partial charge is 0.436 e. The highest BCUT2D eigenvalue weighted by molar-refractivity contribution is 7.53. The molecule has 16 atom stereocenters. The summed E-state index contributed by atoms with van der Waals surface area (Å²) >= 11 is 0. The van der Waals surface area contributed by atoms with Gasteiger partial charge in [-0.2, -0.15) is 0 Å². The van der Waals surface area contributed by atoms with Crippen molar-refractivity contribution in [2.24, 2.45) is 0 Å². The quantitative estimate of drug-likeness (QED) is 0.0501. The van der Waals surface area contributed by atoms with Gasteiger partial charge in [0, 0.05) is 13.8 Å². The Morgan fingerprint density at radius 2 is 1.00 bits per heavy atom. The van der Waals surface area contributed by atoms with Crippen molar-refractivity contribution < 1.29 is 96.3 Å². The van der Waals surface area contributed by atoms with Gasteiger partial charge < -0.3 is 59.2 Å². The van der Waals surface area contributed by atoms with E-state index in [0.29, 0.717) is 0 Å². The molecule has 2 fully saturated rings. The number of hydrogen-bond acceptors (Lipinski definition) is 19. The molecule has 2 saturated heterocycles. The first kappa shape index (κ1) is 46.8. The molecule has 0 bridgehead atoms. The lowest BCUT2D eigenvalue weighted by Crippen LogP contribution is -2.56. The molecule has 6 unspecified atom stereocenters. The summed E-state index contributed by atoms with van der Waals surface area (Å²) in [4.78, 5) is 42.5. The molecule has 2 aliphatic rings. The number of esters is 2. The summed E-state index contributed by atoms with van der Waals surface area (Å²) in [7, 11) is -6.29. The van der Waals surface area contributed by atoms with Crippen LogP contribution < -0.4 is 0 Å². The van der Waals surface area contributed by atoms with Crippen LogP contribution in [0.25, 0.3) is 0 Å². The van der Waals surface area contributed by atoms with Crippen LogP contribution in [0.4, 0.5) is 4.79 Å². The second-order valence-corrected chi connectivity index (χ2v) is 16.1. The summed E-state index contributed by atoms with van der Waals surface area (Å²) in [6, 6.07) is 0. The number of carbonyl (C=O) groups is 3. The van der Waals surface area contributed by atoms with Crippen molar-refractivity contribution in [3.8, 4) is 0 Å². The lowest BCUT2D eigenvalue weighted by atomic mass is 9.94. The van der Waals surface area contributed by atoms with E-state index in [0.717, 1.165) is 13.8 Å². The summed E-state index contributed by atoms with van der Waals surface area (Å²) in [5, 5.41) is 58.7. The molecule has 0 aromatic rings. The molecule has 0 aliphatic carbocycles. The van der Waals surface area contributed by atoms with E-state index < -0.39 is 113 Å². The zero-order chi connectivity index (χ0) is 38.7. The van der Waals surface area contributed by atoms with Gasteiger partial charge in [-0.1, -0.05) is 0 Å². The van der Waals surface area contributed by atoms with E-state index in [2.05, 4.69) is 4.74 Å². The lowest BCUT2D eigenvalue weighted by molar-refractivity contribution is -0.217. The number of aliphatic hydroxyl groups is 6. The van der Waals surface area contributed by atoms with Crippen molar-refractivity contribution in [3.05, 3.63) is 0 Å². The average Bonchev–Trinajstić information content (AvgIpc) is 2.95. The van der Waals surface area contributed by atoms with Crippen LogP contribution in [-0.4, -0.2) is 145 Å². The number of aliphatic hydroxyl groups excluding tert-OH is 6. The number of ether oxygens (including phenoxy) is 5. The van der Waals surface area contributed by atoms with Crippen molar-refractivity contribution in [1.29, 1.82) is 0 Å². The van der Waals surface area contributed by atoms with Crippen molar-refractivity contribution in [2.75, 3.05) is 12.3 Å². The first-order valence-corrected chi connectivity index (χ1v) is 19.6. The normalized spacial score (nSPS) is 34.0. The molecule has 2 rings (SSSR count). The highest BCUT2D eigenvalue weighted by Gasteiger charge is 2.44. The monoisotopic (exact) mass is 788 g/mol. The first-order valence-electron chi connectivity index (χ1n) is 15.5. The van der Waals surface area contributed by atoms with Gasteiger partial charge in [-0.3, -0.25) is 32.3 Å². The van der Waals surface area contributed by atoms with Crippen molar-refractivity contribution in [3.63, 3.8) is 0 Å². The fourth-order valence-electron chi connectivity index (χ4n) is 4.89. The topological polar surface area (TPSA) is 301 Å². The zero-order valence-corrected chi connectivity index (χ0v) is 31.7. The highest BCUT2D eigenvalue weighted by Crippen LogP contribution is 2.52. The van der Waals surface area contributed by atoms with Crippen LogP contribution in [0.2, 0.25) is 0 Å². The molecule has 0 aromatic heterocycles. The number of carbonyl (C=O) groups excluding carboxylic acids is 3. The van der Waals surface area contributed by atoms with Crippen LogP contribution in [0.1, 0.15) is 61.3 Å². The summed E-state index contributed by atoms with van der Waals surface area (Å²) in [6.45, 7) is 9.28. The fourth-order valence-corrected chi connectivity index (χ4v) is 8.10. The minimum Gasteiger partial charge on any atom is -0.436 e. The zero-order valence-electron chi connectivity index (χ0n) is 28.7. The minimum atomic E-state index is -4.07. The fraction of sp³-hybridized carbons (Fsp3) is 0.889. The van der Waals surface area contributed by atoms with Gasteiger partial charge in [0.25, 0.3) is 0 Å². The van der Waals surface area contributed by atoms with E-state index in [-0.39, 0.29) is 25.2 Å². The molecule has 0 amide bonds.